The molecular formula is C33H52N2O6S. The quantitative estimate of drug-likeness (QED) is 0.200. The Labute approximate surface area is 256 Å². The number of aromatic nitrogens is 1. The van der Waals surface area contributed by atoms with E-state index in [4.69, 9.17) is 15.2 Å². The van der Waals surface area contributed by atoms with Crippen molar-refractivity contribution in [1.29, 1.82) is 0 Å². The molecule has 0 radical (unpaired) electrons. The minimum absolute atomic E-state index is 0.0601. The van der Waals surface area contributed by atoms with E-state index < -0.39 is 35.6 Å². The van der Waals surface area contributed by atoms with Crippen LogP contribution in [-0.4, -0.2) is 52.7 Å². The van der Waals surface area contributed by atoms with Crippen molar-refractivity contribution < 1.29 is 29.0 Å². The molecule has 0 aliphatic carbocycles. The average Bonchev–Trinajstić information content (AvgIpc) is 3.34. The molecule has 0 unspecified atom stereocenters. The summed E-state index contributed by atoms with van der Waals surface area (Å²) in [4.78, 5) is 44.2. The number of thiazole rings is 1. The molecular weight excluding hydrogens is 552 g/mol. The predicted octanol–water partition coefficient (Wildman–Crippen LogP) is 6.34. The van der Waals surface area contributed by atoms with Crippen molar-refractivity contribution in [3.05, 3.63) is 33.3 Å². The highest BCUT2D eigenvalue weighted by Gasteiger charge is 2.44. The molecule has 0 saturated heterocycles. The molecule has 3 N–H and O–H groups in total. The summed E-state index contributed by atoms with van der Waals surface area (Å²) < 4.78 is 11.8. The number of aryl methyl sites for hydroxylation is 1. The smallest absolute Gasteiger partial charge is 0.309 e. The van der Waals surface area contributed by atoms with Crippen LogP contribution in [0.4, 0.5) is 0 Å². The number of nitrogens with zero attached hydrogens (tertiary/aromatic N) is 1. The Hall–Kier alpha value is -2.36. The SMILES string of the molecule is CC1=CC[C@@H](C(C)=Cc2csc(C)n2)OC(=O)C[C@H](O)C(C)(C)C(=O)[C@H](C)[C@@H](OC(=O)CCCCCN)[C@@H](C)CCC1. The molecule has 5 atom stereocenters. The number of carbonyl (C=O) groups is 3. The van der Waals surface area contributed by atoms with Gasteiger partial charge in [0.05, 0.1) is 34.6 Å². The van der Waals surface area contributed by atoms with Gasteiger partial charge in [0, 0.05) is 18.2 Å². The van der Waals surface area contributed by atoms with Crippen LogP contribution in [-0.2, 0) is 23.9 Å². The molecule has 0 bridgehead atoms. The van der Waals surface area contributed by atoms with E-state index in [1.54, 1.807) is 32.1 Å². The third-order valence-electron chi connectivity index (χ3n) is 8.35. The van der Waals surface area contributed by atoms with Crippen molar-refractivity contribution in [2.75, 3.05) is 6.54 Å². The van der Waals surface area contributed by atoms with Crippen LogP contribution in [0.25, 0.3) is 6.08 Å². The second-order valence-corrected chi connectivity index (χ2v) is 13.5. The number of aliphatic hydroxyl groups excluding tert-OH is 1. The summed E-state index contributed by atoms with van der Waals surface area (Å²) in [5.41, 5.74) is 7.16. The third kappa shape index (κ3) is 11.0. The Kier molecular flexibility index (Phi) is 14.6. The first-order valence-corrected chi connectivity index (χ1v) is 16.2. The average molecular weight is 605 g/mol. The summed E-state index contributed by atoms with van der Waals surface area (Å²) in [7, 11) is 0. The molecule has 2 heterocycles. The predicted molar refractivity (Wildman–Crippen MR) is 168 cm³/mol. The van der Waals surface area contributed by atoms with Gasteiger partial charge in [0.1, 0.15) is 18.0 Å². The van der Waals surface area contributed by atoms with Gasteiger partial charge in [-0.3, -0.25) is 14.4 Å². The normalized spacial score (nSPS) is 26.8. The number of hydrogen-bond acceptors (Lipinski definition) is 9. The number of esters is 2. The second-order valence-electron chi connectivity index (χ2n) is 12.5. The molecule has 8 nitrogen and oxygen atoms in total. The van der Waals surface area contributed by atoms with Crippen LogP contribution in [0.1, 0.15) is 110 Å². The van der Waals surface area contributed by atoms with Crippen molar-refractivity contribution in [2.24, 2.45) is 23.0 Å². The number of Topliss-reactive ketones (excluding diaryl/α,β-unsaturated/α-hetero) is 1. The zero-order valence-corrected chi connectivity index (χ0v) is 27.4. The number of cyclic esters (lactones) is 1. The van der Waals surface area contributed by atoms with Gasteiger partial charge in [0.2, 0.25) is 0 Å². The summed E-state index contributed by atoms with van der Waals surface area (Å²) in [6.45, 7) is 13.6. The lowest BCUT2D eigenvalue weighted by Gasteiger charge is -2.36. The lowest BCUT2D eigenvalue weighted by Crippen LogP contribution is -2.46. The minimum Gasteiger partial charge on any atom is -0.461 e. The van der Waals surface area contributed by atoms with E-state index in [1.807, 2.05) is 32.2 Å². The molecule has 0 saturated carbocycles. The number of ketones is 1. The first-order valence-electron chi connectivity index (χ1n) is 15.3. The number of rotatable bonds is 8. The largest absolute Gasteiger partial charge is 0.461 e. The number of unbranched alkanes of at least 4 members (excludes halogenated alkanes) is 2. The van der Waals surface area contributed by atoms with Gasteiger partial charge in [-0.1, -0.05) is 45.8 Å². The topological polar surface area (TPSA) is 129 Å². The van der Waals surface area contributed by atoms with Crippen molar-refractivity contribution in [3.8, 4) is 0 Å². The Morgan fingerprint density at radius 3 is 2.60 bits per heavy atom. The highest BCUT2D eigenvalue weighted by molar-refractivity contribution is 7.09. The minimum atomic E-state index is -1.26. The zero-order valence-electron chi connectivity index (χ0n) is 26.6. The first-order chi connectivity index (χ1) is 19.8. The van der Waals surface area contributed by atoms with E-state index in [-0.39, 0.29) is 30.5 Å². The van der Waals surface area contributed by atoms with Crippen molar-refractivity contribution >= 4 is 35.1 Å². The van der Waals surface area contributed by atoms with Crippen molar-refractivity contribution in [1.82, 2.24) is 4.98 Å². The van der Waals surface area contributed by atoms with Crippen molar-refractivity contribution in [3.63, 3.8) is 0 Å². The highest BCUT2D eigenvalue weighted by Crippen LogP contribution is 2.34. The fourth-order valence-electron chi connectivity index (χ4n) is 5.41. The molecule has 9 heteroatoms. The number of ether oxygens (including phenoxy) is 2. The molecule has 1 aliphatic rings. The molecule has 2 rings (SSSR count). The molecule has 0 fully saturated rings. The fourth-order valence-corrected chi connectivity index (χ4v) is 5.98. The monoisotopic (exact) mass is 604 g/mol. The van der Waals surface area contributed by atoms with Gasteiger partial charge in [-0.15, -0.1) is 11.3 Å². The zero-order chi connectivity index (χ0) is 31.4. The molecule has 0 spiro atoms. The summed E-state index contributed by atoms with van der Waals surface area (Å²) in [5, 5.41) is 14.1. The van der Waals surface area contributed by atoms with Crippen LogP contribution < -0.4 is 5.73 Å². The maximum atomic E-state index is 13.8. The number of nitrogens with two attached hydrogens (primary N) is 1. The molecule has 1 aliphatic heterocycles. The Morgan fingerprint density at radius 1 is 1.24 bits per heavy atom. The standard InChI is InChI=1S/C33H52N2O6S/c1-21-12-11-13-22(2)31(41-29(37)14-9-8-10-17-34)24(4)32(39)33(6,7)28(36)19-30(38)40-27(16-15-21)23(3)18-26-20-42-25(5)35-26/h15,18,20,22,24,27-28,31,36H,8-14,16-17,19,34H2,1-7H3/t22-,24+,27-,28-,31-/m0/s1. The lowest BCUT2D eigenvalue weighted by molar-refractivity contribution is -0.160. The van der Waals surface area contributed by atoms with Crippen LogP contribution >= 0.6 is 11.3 Å². The van der Waals surface area contributed by atoms with Gasteiger partial charge in [0.15, 0.2) is 0 Å². The number of allylic oxidation sites excluding steroid dienone is 1. The first kappa shape index (κ1) is 35.8. The van der Waals surface area contributed by atoms with Gasteiger partial charge < -0.3 is 20.3 Å². The molecule has 1 aromatic heterocycles. The van der Waals surface area contributed by atoms with Crippen LogP contribution in [0.5, 0.6) is 0 Å². The van der Waals surface area contributed by atoms with E-state index in [2.05, 4.69) is 18.0 Å². The van der Waals surface area contributed by atoms with Crippen molar-refractivity contribution in [2.45, 2.75) is 125 Å². The fraction of sp³-hybridized carbons (Fsp3) is 0.697. The lowest BCUT2D eigenvalue weighted by atomic mass is 9.73. The maximum Gasteiger partial charge on any atom is 0.309 e. The van der Waals surface area contributed by atoms with E-state index in [0.717, 1.165) is 48.4 Å². The summed E-state index contributed by atoms with van der Waals surface area (Å²) in [6, 6.07) is 0. The molecule has 0 amide bonds. The molecule has 0 aromatic carbocycles. The number of aliphatic hydroxyl groups is 1. The van der Waals surface area contributed by atoms with E-state index in [9.17, 15) is 19.5 Å². The van der Waals surface area contributed by atoms with Crippen LogP contribution in [0.3, 0.4) is 0 Å². The Balaban J connectivity index is 2.31. The highest BCUT2D eigenvalue weighted by atomic mass is 32.1. The summed E-state index contributed by atoms with van der Waals surface area (Å²) in [5.74, 6) is -1.86. The molecule has 42 heavy (non-hydrogen) atoms. The summed E-state index contributed by atoms with van der Waals surface area (Å²) >= 11 is 1.56. The third-order valence-corrected chi connectivity index (χ3v) is 9.14. The number of hydrogen-bond donors (Lipinski definition) is 2. The van der Waals surface area contributed by atoms with Gasteiger partial charge in [-0.05, 0) is 77.0 Å². The molecule has 1 aromatic rings. The van der Waals surface area contributed by atoms with Crippen LogP contribution in [0.2, 0.25) is 0 Å². The van der Waals surface area contributed by atoms with Gasteiger partial charge in [-0.25, -0.2) is 4.98 Å². The van der Waals surface area contributed by atoms with Gasteiger partial charge in [0.25, 0.3) is 0 Å². The molecule has 236 valence electrons. The van der Waals surface area contributed by atoms with Gasteiger partial charge >= 0.3 is 11.9 Å². The summed E-state index contributed by atoms with van der Waals surface area (Å²) in [6.07, 6.45) is 6.94. The number of carbonyl (C=O) groups excluding carboxylic acids is 3. The van der Waals surface area contributed by atoms with Crippen LogP contribution in [0, 0.1) is 24.2 Å². The van der Waals surface area contributed by atoms with Gasteiger partial charge in [-0.2, -0.15) is 0 Å². The van der Waals surface area contributed by atoms with E-state index >= 15 is 0 Å². The Bertz CT molecular complexity index is 1110. The second kappa shape index (κ2) is 17.1. The van der Waals surface area contributed by atoms with E-state index in [1.165, 1.54) is 5.57 Å². The van der Waals surface area contributed by atoms with E-state index in [0.29, 0.717) is 19.4 Å². The Morgan fingerprint density at radius 2 is 1.95 bits per heavy atom. The van der Waals surface area contributed by atoms with Crippen LogP contribution in [0.15, 0.2) is 22.6 Å². The maximum absolute atomic E-state index is 13.8.